The number of aromatic nitrogens is 2. The molecule has 0 radical (unpaired) electrons. The van der Waals surface area contributed by atoms with Crippen molar-refractivity contribution in [3.05, 3.63) is 89.7 Å². The van der Waals surface area contributed by atoms with Gasteiger partial charge in [0.1, 0.15) is 18.2 Å². The molecule has 4 rings (SSSR count). The molecule has 1 aromatic heterocycles. The van der Waals surface area contributed by atoms with Gasteiger partial charge in [-0.2, -0.15) is 0 Å². The first-order chi connectivity index (χ1) is 19.6. The molecule has 5 N–H and O–H groups in total. The Hall–Kier alpha value is -4.71. The van der Waals surface area contributed by atoms with Gasteiger partial charge in [0.15, 0.2) is 0 Å². The lowest BCUT2D eigenvalue weighted by atomic mass is 10.1. The van der Waals surface area contributed by atoms with Crippen LogP contribution in [0.25, 0.3) is 11.0 Å². The molecular formula is C29H32N6O5S. The van der Waals surface area contributed by atoms with E-state index in [0.717, 1.165) is 15.4 Å². The molecule has 0 saturated carbocycles. The number of esters is 1. The normalized spacial score (nSPS) is 11.3. The number of fused-ring (bicyclic) bond motifs is 1. The van der Waals surface area contributed by atoms with E-state index in [0.29, 0.717) is 42.9 Å². The van der Waals surface area contributed by atoms with Gasteiger partial charge in [0, 0.05) is 24.9 Å². The number of amides is 1. The molecule has 0 saturated heterocycles. The second kappa shape index (κ2) is 12.6. The minimum absolute atomic E-state index is 0.0266. The van der Waals surface area contributed by atoms with Crippen molar-refractivity contribution >= 4 is 44.5 Å². The van der Waals surface area contributed by atoms with Crippen LogP contribution in [0.4, 0.5) is 5.69 Å². The predicted molar refractivity (Wildman–Crippen MR) is 156 cm³/mol. The molecule has 0 aliphatic rings. The van der Waals surface area contributed by atoms with Gasteiger partial charge in [0.05, 0.1) is 28.2 Å². The number of nitrogen functional groups attached to an aromatic ring is 1. The molecule has 0 spiro atoms. The number of benzene rings is 3. The Bertz CT molecular complexity index is 1670. The number of aryl methyl sites for hydroxylation is 1. The lowest BCUT2D eigenvalue weighted by molar-refractivity contribution is -0.143. The van der Waals surface area contributed by atoms with Crippen LogP contribution in [0.3, 0.4) is 0 Å². The fourth-order valence-corrected chi connectivity index (χ4v) is 5.93. The summed E-state index contributed by atoms with van der Waals surface area (Å²) in [4.78, 5) is 28.7. The Labute approximate surface area is 238 Å². The Morgan fingerprint density at radius 1 is 1.02 bits per heavy atom. The number of primary amides is 1. The number of hydrogen-bond donors (Lipinski definition) is 3. The Kier molecular flexibility index (Phi) is 9.03. The minimum atomic E-state index is -4.09. The Balaban J connectivity index is 1.74. The van der Waals surface area contributed by atoms with Gasteiger partial charge in [0.2, 0.25) is 5.91 Å². The Morgan fingerprint density at radius 2 is 1.73 bits per heavy atom. The van der Waals surface area contributed by atoms with Gasteiger partial charge in [0.25, 0.3) is 10.0 Å². The van der Waals surface area contributed by atoms with Crippen LogP contribution in [0.2, 0.25) is 0 Å². The summed E-state index contributed by atoms with van der Waals surface area (Å²) in [6.45, 7) is 2.00. The second-order valence-corrected chi connectivity index (χ2v) is 11.2. The second-order valence-electron chi connectivity index (χ2n) is 9.34. The maximum absolute atomic E-state index is 13.5. The number of hydrogen-bond acceptors (Lipinski definition) is 7. The minimum Gasteiger partial charge on any atom is -0.466 e. The summed E-state index contributed by atoms with van der Waals surface area (Å²) < 4.78 is 35.0. The fraction of sp³-hybridized carbons (Fsp3) is 0.241. The molecular weight excluding hydrogens is 544 g/mol. The standard InChI is InChI=1S/C29H32N6O5S/c1-2-40-28(37)9-6-16-34-25-15-14-22(35(19-26(30)36)41(38,39)23-7-4-3-5-8-23)18-24(25)33-27(34)17-20-10-12-21(13-11-20)29(31)32/h3-5,7-8,10-15,18H,2,6,9,16-17,19H2,1H3,(H2,30,36)(H3,31,32). The van der Waals surface area contributed by atoms with Crippen molar-refractivity contribution in [2.75, 3.05) is 17.5 Å². The van der Waals surface area contributed by atoms with Crippen LogP contribution in [0.1, 0.15) is 36.7 Å². The van der Waals surface area contributed by atoms with E-state index < -0.39 is 22.5 Å². The number of anilines is 1. The van der Waals surface area contributed by atoms with Crippen molar-refractivity contribution in [3.8, 4) is 0 Å². The maximum Gasteiger partial charge on any atom is 0.305 e. The molecule has 12 heteroatoms. The zero-order valence-electron chi connectivity index (χ0n) is 22.6. The first kappa shape index (κ1) is 29.3. The molecule has 0 bridgehead atoms. The van der Waals surface area contributed by atoms with E-state index in [1.165, 1.54) is 12.1 Å². The van der Waals surface area contributed by atoms with Gasteiger partial charge in [-0.15, -0.1) is 0 Å². The highest BCUT2D eigenvalue weighted by molar-refractivity contribution is 7.92. The highest BCUT2D eigenvalue weighted by atomic mass is 32.2. The van der Waals surface area contributed by atoms with E-state index in [1.54, 1.807) is 55.5 Å². The molecule has 0 aliphatic carbocycles. The first-order valence-electron chi connectivity index (χ1n) is 13.0. The number of nitrogens with one attached hydrogen (secondary N) is 1. The number of nitrogens with two attached hydrogens (primary N) is 2. The lowest BCUT2D eigenvalue weighted by Crippen LogP contribution is -2.38. The summed E-state index contributed by atoms with van der Waals surface area (Å²) >= 11 is 0. The van der Waals surface area contributed by atoms with Crippen LogP contribution >= 0.6 is 0 Å². The molecule has 0 atom stereocenters. The van der Waals surface area contributed by atoms with Gasteiger partial charge < -0.3 is 20.8 Å². The summed E-state index contributed by atoms with van der Waals surface area (Å²) in [6.07, 6.45) is 1.19. The van der Waals surface area contributed by atoms with Crippen molar-refractivity contribution in [1.82, 2.24) is 9.55 Å². The third kappa shape index (κ3) is 6.90. The molecule has 4 aromatic rings. The highest BCUT2D eigenvalue weighted by Crippen LogP contribution is 2.28. The van der Waals surface area contributed by atoms with Gasteiger partial charge >= 0.3 is 5.97 Å². The van der Waals surface area contributed by atoms with E-state index in [1.807, 2.05) is 16.7 Å². The number of sulfonamides is 1. The number of rotatable bonds is 13. The van der Waals surface area contributed by atoms with Crippen LogP contribution in [-0.4, -0.2) is 48.8 Å². The number of amidine groups is 1. The monoisotopic (exact) mass is 576 g/mol. The van der Waals surface area contributed by atoms with Crippen molar-refractivity contribution in [2.45, 2.75) is 37.6 Å². The van der Waals surface area contributed by atoms with E-state index in [4.69, 9.17) is 26.6 Å². The summed E-state index contributed by atoms with van der Waals surface area (Å²) in [6, 6.07) is 20.1. The van der Waals surface area contributed by atoms with Crippen LogP contribution in [0.5, 0.6) is 0 Å². The third-order valence-corrected chi connectivity index (χ3v) is 8.21. The van der Waals surface area contributed by atoms with E-state index in [2.05, 4.69) is 0 Å². The zero-order chi connectivity index (χ0) is 29.6. The largest absolute Gasteiger partial charge is 0.466 e. The molecule has 41 heavy (non-hydrogen) atoms. The number of carbonyl (C=O) groups is 2. The van der Waals surface area contributed by atoms with Gasteiger partial charge in [-0.3, -0.25) is 19.3 Å². The van der Waals surface area contributed by atoms with Crippen LogP contribution in [-0.2, 0) is 37.3 Å². The zero-order valence-corrected chi connectivity index (χ0v) is 23.4. The number of carbonyl (C=O) groups excluding carboxylic acids is 2. The van der Waals surface area contributed by atoms with Crippen LogP contribution in [0, 0.1) is 5.41 Å². The van der Waals surface area contributed by atoms with Gasteiger partial charge in [-0.1, -0.05) is 42.5 Å². The molecule has 1 heterocycles. The summed E-state index contributed by atoms with van der Waals surface area (Å²) in [5, 5.41) is 7.62. The highest BCUT2D eigenvalue weighted by Gasteiger charge is 2.27. The molecule has 0 unspecified atom stereocenters. The summed E-state index contributed by atoms with van der Waals surface area (Å²) in [5.41, 5.74) is 14.1. The van der Waals surface area contributed by atoms with E-state index >= 15 is 0 Å². The fourth-order valence-electron chi connectivity index (χ4n) is 4.48. The van der Waals surface area contributed by atoms with Gasteiger partial charge in [-0.05, 0) is 49.2 Å². The topological polar surface area (TPSA) is 174 Å². The SMILES string of the molecule is CCOC(=O)CCCn1c(Cc2ccc(C(=N)N)cc2)nc2cc(N(CC(N)=O)S(=O)(=O)c3ccccc3)ccc21. The number of ether oxygens (including phenoxy) is 1. The smallest absolute Gasteiger partial charge is 0.305 e. The molecule has 3 aromatic carbocycles. The summed E-state index contributed by atoms with van der Waals surface area (Å²) in [7, 11) is -4.09. The Morgan fingerprint density at radius 3 is 2.37 bits per heavy atom. The van der Waals surface area contributed by atoms with Crippen LogP contribution in [0.15, 0.2) is 77.7 Å². The van der Waals surface area contributed by atoms with Crippen molar-refractivity contribution < 1.29 is 22.7 Å². The van der Waals surface area contributed by atoms with Crippen molar-refractivity contribution in [2.24, 2.45) is 11.5 Å². The molecule has 1 amide bonds. The number of imidazole rings is 1. The third-order valence-electron chi connectivity index (χ3n) is 6.42. The molecule has 11 nitrogen and oxygen atoms in total. The van der Waals surface area contributed by atoms with Crippen LogP contribution < -0.4 is 15.8 Å². The molecule has 0 aliphatic heterocycles. The average molecular weight is 577 g/mol. The maximum atomic E-state index is 13.5. The van der Waals surface area contributed by atoms with Crippen molar-refractivity contribution in [3.63, 3.8) is 0 Å². The molecule has 0 fully saturated rings. The lowest BCUT2D eigenvalue weighted by Gasteiger charge is -2.23. The van der Waals surface area contributed by atoms with E-state index in [9.17, 15) is 18.0 Å². The number of nitrogens with zero attached hydrogens (tertiary/aromatic N) is 3. The van der Waals surface area contributed by atoms with E-state index in [-0.39, 0.29) is 28.8 Å². The van der Waals surface area contributed by atoms with Crippen molar-refractivity contribution in [1.29, 1.82) is 5.41 Å². The summed E-state index contributed by atoms with van der Waals surface area (Å²) in [5.74, 6) is -0.414. The van der Waals surface area contributed by atoms with Gasteiger partial charge in [-0.25, -0.2) is 13.4 Å². The molecule has 214 valence electrons. The first-order valence-corrected chi connectivity index (χ1v) is 14.5. The quantitative estimate of drug-likeness (QED) is 0.125. The predicted octanol–water partition coefficient (Wildman–Crippen LogP) is 2.94. The average Bonchev–Trinajstić information content (AvgIpc) is 3.28.